The van der Waals surface area contributed by atoms with Crippen LogP contribution in [0.1, 0.15) is 36.1 Å². The fourth-order valence-corrected chi connectivity index (χ4v) is 3.73. The third kappa shape index (κ3) is 7.75. The highest BCUT2D eigenvalue weighted by Crippen LogP contribution is 2.28. The van der Waals surface area contributed by atoms with Crippen LogP contribution in [0.2, 0.25) is 0 Å². The van der Waals surface area contributed by atoms with Gasteiger partial charge in [-0.05, 0) is 74.3 Å². The van der Waals surface area contributed by atoms with Gasteiger partial charge in [0.2, 0.25) is 0 Å². The van der Waals surface area contributed by atoms with E-state index in [1.54, 1.807) is 6.20 Å². The first-order valence-electron chi connectivity index (χ1n) is 11.4. The van der Waals surface area contributed by atoms with E-state index in [0.29, 0.717) is 19.8 Å². The van der Waals surface area contributed by atoms with E-state index in [2.05, 4.69) is 64.6 Å². The van der Waals surface area contributed by atoms with Gasteiger partial charge in [-0.1, -0.05) is 42.0 Å². The lowest BCUT2D eigenvalue weighted by Crippen LogP contribution is -2.39. The maximum absolute atomic E-state index is 5.79. The SMILES string of the molecule is CCOc1ccc(CCNC(=S)N(Cc2ccc(C)cc2)Cc2cccnc2)cc1OCC. The molecule has 1 heterocycles. The third-order valence-electron chi connectivity index (χ3n) is 5.18. The molecule has 0 atom stereocenters. The molecule has 0 saturated heterocycles. The second kappa shape index (κ2) is 12.8. The molecule has 0 aliphatic rings. The zero-order valence-electron chi connectivity index (χ0n) is 19.7. The van der Waals surface area contributed by atoms with E-state index < -0.39 is 0 Å². The highest BCUT2D eigenvalue weighted by molar-refractivity contribution is 7.80. The highest BCUT2D eigenvalue weighted by Gasteiger charge is 2.12. The summed E-state index contributed by atoms with van der Waals surface area (Å²) in [6.07, 6.45) is 4.51. The Balaban J connectivity index is 1.63. The molecule has 174 valence electrons. The van der Waals surface area contributed by atoms with Gasteiger partial charge >= 0.3 is 0 Å². The van der Waals surface area contributed by atoms with E-state index in [0.717, 1.165) is 41.7 Å². The molecule has 33 heavy (non-hydrogen) atoms. The molecule has 2 aromatic carbocycles. The smallest absolute Gasteiger partial charge is 0.169 e. The molecular weight excluding hydrogens is 430 g/mol. The van der Waals surface area contributed by atoms with Crippen LogP contribution in [-0.4, -0.2) is 34.8 Å². The fourth-order valence-electron chi connectivity index (χ4n) is 3.50. The molecule has 0 aliphatic carbocycles. The first kappa shape index (κ1) is 24.5. The van der Waals surface area contributed by atoms with Crippen LogP contribution in [0.5, 0.6) is 11.5 Å². The summed E-state index contributed by atoms with van der Waals surface area (Å²) in [5.74, 6) is 1.57. The summed E-state index contributed by atoms with van der Waals surface area (Å²) >= 11 is 5.79. The van der Waals surface area contributed by atoms with E-state index in [-0.39, 0.29) is 0 Å². The van der Waals surface area contributed by atoms with Gasteiger partial charge in [0, 0.05) is 32.0 Å². The van der Waals surface area contributed by atoms with Crippen LogP contribution in [0.3, 0.4) is 0 Å². The number of aryl methyl sites for hydroxylation is 1. The van der Waals surface area contributed by atoms with E-state index in [9.17, 15) is 0 Å². The monoisotopic (exact) mass is 463 g/mol. The van der Waals surface area contributed by atoms with Crippen molar-refractivity contribution in [3.8, 4) is 11.5 Å². The van der Waals surface area contributed by atoms with E-state index in [4.69, 9.17) is 21.7 Å². The third-order valence-corrected chi connectivity index (χ3v) is 5.58. The van der Waals surface area contributed by atoms with Crippen molar-refractivity contribution in [1.29, 1.82) is 0 Å². The molecule has 0 saturated carbocycles. The van der Waals surface area contributed by atoms with Crippen molar-refractivity contribution < 1.29 is 9.47 Å². The van der Waals surface area contributed by atoms with Gasteiger partial charge in [0.1, 0.15) is 0 Å². The number of ether oxygens (including phenoxy) is 2. The maximum atomic E-state index is 5.79. The minimum atomic E-state index is 0.605. The van der Waals surface area contributed by atoms with Crippen molar-refractivity contribution >= 4 is 17.3 Å². The van der Waals surface area contributed by atoms with Crippen molar-refractivity contribution in [1.82, 2.24) is 15.2 Å². The summed E-state index contributed by atoms with van der Waals surface area (Å²) in [5.41, 5.74) is 4.78. The van der Waals surface area contributed by atoms with Gasteiger partial charge in [-0.25, -0.2) is 0 Å². The van der Waals surface area contributed by atoms with Crippen molar-refractivity contribution in [2.24, 2.45) is 0 Å². The van der Waals surface area contributed by atoms with Crippen molar-refractivity contribution in [3.05, 3.63) is 89.2 Å². The average Bonchev–Trinajstić information content (AvgIpc) is 2.82. The van der Waals surface area contributed by atoms with Gasteiger partial charge < -0.3 is 19.7 Å². The standard InChI is InChI=1S/C27H33N3O2S/c1-4-31-25-13-12-22(17-26(25)32-5-2)14-16-29-27(33)30(20-24-7-6-15-28-18-24)19-23-10-8-21(3)9-11-23/h6-13,15,17-18H,4-5,14,16,19-20H2,1-3H3,(H,29,33). The molecule has 3 rings (SSSR count). The van der Waals surface area contributed by atoms with E-state index in [1.807, 2.05) is 32.2 Å². The molecule has 5 nitrogen and oxygen atoms in total. The maximum Gasteiger partial charge on any atom is 0.169 e. The number of hydrogen-bond donors (Lipinski definition) is 1. The number of aromatic nitrogens is 1. The zero-order valence-corrected chi connectivity index (χ0v) is 20.5. The molecule has 0 radical (unpaired) electrons. The Bertz CT molecular complexity index is 1010. The highest BCUT2D eigenvalue weighted by atomic mass is 32.1. The molecule has 6 heteroatoms. The van der Waals surface area contributed by atoms with Crippen molar-refractivity contribution in [2.75, 3.05) is 19.8 Å². The molecule has 1 aromatic heterocycles. The van der Waals surface area contributed by atoms with Gasteiger partial charge in [-0.15, -0.1) is 0 Å². The van der Waals surface area contributed by atoms with Crippen LogP contribution in [0.4, 0.5) is 0 Å². The minimum absolute atomic E-state index is 0.605. The minimum Gasteiger partial charge on any atom is -0.490 e. The van der Waals surface area contributed by atoms with Crippen LogP contribution in [0, 0.1) is 6.92 Å². The summed E-state index contributed by atoms with van der Waals surface area (Å²) in [4.78, 5) is 6.43. The first-order valence-corrected chi connectivity index (χ1v) is 11.9. The van der Waals surface area contributed by atoms with Gasteiger partial charge in [0.15, 0.2) is 16.6 Å². The van der Waals surface area contributed by atoms with Crippen LogP contribution in [-0.2, 0) is 19.5 Å². The zero-order chi connectivity index (χ0) is 23.5. The average molecular weight is 464 g/mol. The van der Waals surface area contributed by atoms with E-state index >= 15 is 0 Å². The Morgan fingerprint density at radius 3 is 2.30 bits per heavy atom. The van der Waals surface area contributed by atoms with Crippen LogP contribution in [0.15, 0.2) is 67.0 Å². The lowest BCUT2D eigenvalue weighted by Gasteiger charge is -2.26. The Morgan fingerprint density at radius 1 is 0.909 bits per heavy atom. The number of hydrogen-bond acceptors (Lipinski definition) is 4. The quantitative estimate of drug-likeness (QED) is 0.389. The largest absolute Gasteiger partial charge is 0.490 e. The predicted molar refractivity (Wildman–Crippen MR) is 138 cm³/mol. The fraction of sp³-hybridized carbons (Fsp3) is 0.333. The lowest BCUT2D eigenvalue weighted by molar-refractivity contribution is 0.287. The van der Waals surface area contributed by atoms with Gasteiger partial charge in [0.05, 0.1) is 13.2 Å². The van der Waals surface area contributed by atoms with Gasteiger partial charge in [-0.3, -0.25) is 4.98 Å². The summed E-state index contributed by atoms with van der Waals surface area (Å²) in [6, 6.07) is 18.7. The lowest BCUT2D eigenvalue weighted by atomic mass is 10.1. The summed E-state index contributed by atoms with van der Waals surface area (Å²) in [6.45, 7) is 9.44. The Morgan fingerprint density at radius 2 is 1.61 bits per heavy atom. The van der Waals surface area contributed by atoms with Crippen LogP contribution in [0.25, 0.3) is 0 Å². The van der Waals surface area contributed by atoms with E-state index in [1.165, 1.54) is 16.7 Å². The Kier molecular flexibility index (Phi) is 9.51. The number of thiocarbonyl (C=S) groups is 1. The summed E-state index contributed by atoms with van der Waals surface area (Å²) < 4.78 is 11.4. The molecule has 0 aliphatic heterocycles. The topological polar surface area (TPSA) is 46.6 Å². The predicted octanol–water partition coefficient (Wildman–Crippen LogP) is 5.31. The molecule has 0 unspecified atom stereocenters. The van der Waals surface area contributed by atoms with Gasteiger partial charge in [-0.2, -0.15) is 0 Å². The molecule has 0 amide bonds. The molecule has 0 bridgehead atoms. The molecular formula is C27H33N3O2S. The number of pyridine rings is 1. The van der Waals surface area contributed by atoms with Crippen molar-refractivity contribution in [3.63, 3.8) is 0 Å². The summed E-state index contributed by atoms with van der Waals surface area (Å²) in [5, 5.41) is 4.17. The number of nitrogens with one attached hydrogen (secondary N) is 1. The van der Waals surface area contributed by atoms with Crippen LogP contribution < -0.4 is 14.8 Å². The second-order valence-electron chi connectivity index (χ2n) is 7.83. The van der Waals surface area contributed by atoms with Crippen LogP contribution >= 0.6 is 12.2 Å². The Hall–Kier alpha value is -3.12. The number of rotatable bonds is 11. The summed E-state index contributed by atoms with van der Waals surface area (Å²) in [7, 11) is 0. The molecule has 1 N–H and O–H groups in total. The molecule has 0 fully saturated rings. The first-order chi connectivity index (χ1) is 16.1. The number of benzene rings is 2. The van der Waals surface area contributed by atoms with Crippen molar-refractivity contribution in [2.45, 2.75) is 40.3 Å². The second-order valence-corrected chi connectivity index (χ2v) is 8.22. The Labute approximate surface area is 202 Å². The number of nitrogens with zero attached hydrogens (tertiary/aromatic N) is 2. The normalized spacial score (nSPS) is 10.5. The molecule has 3 aromatic rings. The van der Waals surface area contributed by atoms with Gasteiger partial charge in [0.25, 0.3) is 0 Å². The molecule has 0 spiro atoms.